The lowest BCUT2D eigenvalue weighted by Gasteiger charge is -2.23. The molecule has 1 saturated carbocycles. The second-order valence-corrected chi connectivity index (χ2v) is 5.61. The fraction of sp³-hybridized carbons (Fsp3) is 0.571. The molecule has 0 bridgehead atoms. The smallest absolute Gasteiger partial charge is 0.143 e. The summed E-state index contributed by atoms with van der Waals surface area (Å²) in [5.41, 5.74) is 1.33. The van der Waals surface area contributed by atoms with Gasteiger partial charge in [0.2, 0.25) is 0 Å². The van der Waals surface area contributed by atoms with Crippen molar-refractivity contribution in [3.63, 3.8) is 0 Å². The molecule has 1 unspecified atom stereocenters. The third-order valence-electron chi connectivity index (χ3n) is 3.93. The molecule has 4 heteroatoms. The van der Waals surface area contributed by atoms with Crippen molar-refractivity contribution < 1.29 is 9.47 Å². The summed E-state index contributed by atoms with van der Waals surface area (Å²) in [6, 6.07) is 4.07. The largest absolute Gasteiger partial charge is 0.495 e. The van der Waals surface area contributed by atoms with Crippen LogP contribution in [0.5, 0.6) is 11.5 Å². The van der Waals surface area contributed by atoms with Crippen molar-refractivity contribution in [1.82, 2.24) is 0 Å². The van der Waals surface area contributed by atoms with E-state index in [0.717, 1.165) is 11.4 Å². The van der Waals surface area contributed by atoms with E-state index in [1.165, 1.54) is 12.8 Å². The average molecular weight is 270 g/mol. The zero-order valence-corrected chi connectivity index (χ0v) is 12.1. The van der Waals surface area contributed by atoms with E-state index in [2.05, 4.69) is 19.2 Å². The minimum Gasteiger partial charge on any atom is -0.495 e. The first kappa shape index (κ1) is 13.3. The number of rotatable bonds is 5. The van der Waals surface area contributed by atoms with Crippen LogP contribution in [0.25, 0.3) is 0 Å². The molecule has 0 saturated heterocycles. The van der Waals surface area contributed by atoms with Gasteiger partial charge < -0.3 is 14.8 Å². The fourth-order valence-corrected chi connectivity index (χ4v) is 2.24. The molecule has 1 aliphatic rings. The standard InChI is InChI=1S/C14H20ClNO2/c1-9(14(2)5-6-14)16-11-8-12(17-3)10(15)7-13(11)18-4/h7-9,16H,5-6H2,1-4H3. The van der Waals surface area contributed by atoms with Crippen LogP contribution in [0.3, 0.4) is 0 Å². The van der Waals surface area contributed by atoms with Crippen molar-refractivity contribution in [3.05, 3.63) is 17.2 Å². The topological polar surface area (TPSA) is 30.5 Å². The van der Waals surface area contributed by atoms with Crippen LogP contribution in [0, 0.1) is 5.41 Å². The van der Waals surface area contributed by atoms with Gasteiger partial charge in [0.25, 0.3) is 0 Å². The Morgan fingerprint density at radius 1 is 1.22 bits per heavy atom. The Labute approximate surface area is 113 Å². The summed E-state index contributed by atoms with van der Waals surface area (Å²) in [4.78, 5) is 0. The fourth-order valence-electron chi connectivity index (χ4n) is 2.01. The van der Waals surface area contributed by atoms with Gasteiger partial charge in [0, 0.05) is 18.2 Å². The summed E-state index contributed by atoms with van der Waals surface area (Å²) in [5, 5.41) is 4.06. The van der Waals surface area contributed by atoms with Gasteiger partial charge >= 0.3 is 0 Å². The molecule has 1 aromatic rings. The SMILES string of the molecule is COc1cc(NC(C)C2(C)CC2)c(OC)cc1Cl. The molecule has 100 valence electrons. The van der Waals surface area contributed by atoms with Crippen LogP contribution in [-0.2, 0) is 0 Å². The maximum atomic E-state index is 6.09. The van der Waals surface area contributed by atoms with Crippen molar-refractivity contribution in [2.45, 2.75) is 32.7 Å². The first-order chi connectivity index (χ1) is 8.50. The number of nitrogens with one attached hydrogen (secondary N) is 1. The molecule has 1 aliphatic carbocycles. The molecule has 0 aliphatic heterocycles. The average Bonchev–Trinajstić information content (AvgIpc) is 3.10. The lowest BCUT2D eigenvalue weighted by atomic mass is 10.0. The molecular weight excluding hydrogens is 250 g/mol. The van der Waals surface area contributed by atoms with E-state index in [0.29, 0.717) is 22.2 Å². The molecule has 3 nitrogen and oxygen atoms in total. The van der Waals surface area contributed by atoms with Gasteiger partial charge in [-0.15, -0.1) is 0 Å². The highest BCUT2D eigenvalue weighted by molar-refractivity contribution is 6.32. The molecule has 0 amide bonds. The maximum Gasteiger partial charge on any atom is 0.143 e. The number of benzene rings is 1. The Morgan fingerprint density at radius 2 is 1.83 bits per heavy atom. The molecule has 0 spiro atoms. The highest BCUT2D eigenvalue weighted by Crippen LogP contribution is 2.49. The van der Waals surface area contributed by atoms with Gasteiger partial charge in [0.15, 0.2) is 0 Å². The Bertz CT molecular complexity index is 444. The Hall–Kier alpha value is -1.09. The second-order valence-electron chi connectivity index (χ2n) is 5.21. The molecule has 1 atom stereocenters. The number of halogens is 1. The van der Waals surface area contributed by atoms with E-state index in [1.54, 1.807) is 20.3 Å². The molecule has 1 N–H and O–H groups in total. The summed E-state index contributed by atoms with van der Waals surface area (Å²) in [5.74, 6) is 1.41. The van der Waals surface area contributed by atoms with Crippen LogP contribution in [-0.4, -0.2) is 20.3 Å². The molecule has 1 fully saturated rings. The lowest BCUT2D eigenvalue weighted by Crippen LogP contribution is -2.25. The minimum absolute atomic E-state index is 0.400. The van der Waals surface area contributed by atoms with Crippen LogP contribution in [0.2, 0.25) is 5.02 Å². The van der Waals surface area contributed by atoms with E-state index < -0.39 is 0 Å². The van der Waals surface area contributed by atoms with E-state index >= 15 is 0 Å². The second kappa shape index (κ2) is 4.88. The third kappa shape index (κ3) is 2.51. The van der Waals surface area contributed by atoms with Crippen molar-refractivity contribution in [2.24, 2.45) is 5.41 Å². The Kier molecular flexibility index (Phi) is 3.62. The van der Waals surface area contributed by atoms with Crippen LogP contribution >= 0.6 is 11.6 Å². The van der Waals surface area contributed by atoms with Crippen molar-refractivity contribution >= 4 is 17.3 Å². The quantitative estimate of drug-likeness (QED) is 0.878. The van der Waals surface area contributed by atoms with Crippen LogP contribution < -0.4 is 14.8 Å². The Balaban J connectivity index is 2.25. The molecule has 0 heterocycles. The zero-order chi connectivity index (χ0) is 13.3. The molecule has 2 rings (SSSR count). The highest BCUT2D eigenvalue weighted by Gasteiger charge is 2.42. The summed E-state index contributed by atoms with van der Waals surface area (Å²) < 4.78 is 10.6. The van der Waals surface area contributed by atoms with Gasteiger partial charge in [0.1, 0.15) is 11.5 Å². The van der Waals surface area contributed by atoms with E-state index in [-0.39, 0.29) is 0 Å². The summed E-state index contributed by atoms with van der Waals surface area (Å²) >= 11 is 6.09. The predicted molar refractivity (Wildman–Crippen MR) is 75.0 cm³/mol. The summed E-state index contributed by atoms with van der Waals surface area (Å²) in [6.07, 6.45) is 2.54. The highest BCUT2D eigenvalue weighted by atomic mass is 35.5. The zero-order valence-electron chi connectivity index (χ0n) is 11.3. The normalized spacial score (nSPS) is 18.1. The molecular formula is C14H20ClNO2. The van der Waals surface area contributed by atoms with Gasteiger partial charge in [-0.1, -0.05) is 18.5 Å². The molecule has 1 aromatic carbocycles. The predicted octanol–water partition coefficient (Wildman–Crippen LogP) is 3.96. The van der Waals surface area contributed by atoms with Crippen LogP contribution in [0.4, 0.5) is 5.69 Å². The number of hydrogen-bond donors (Lipinski definition) is 1. The number of methoxy groups -OCH3 is 2. The maximum absolute atomic E-state index is 6.09. The first-order valence-corrected chi connectivity index (χ1v) is 6.56. The summed E-state index contributed by atoms with van der Waals surface area (Å²) in [6.45, 7) is 4.50. The van der Waals surface area contributed by atoms with Crippen molar-refractivity contribution in [2.75, 3.05) is 19.5 Å². The monoisotopic (exact) mass is 269 g/mol. The van der Waals surface area contributed by atoms with Gasteiger partial charge in [-0.25, -0.2) is 0 Å². The van der Waals surface area contributed by atoms with Gasteiger partial charge in [-0.3, -0.25) is 0 Å². The lowest BCUT2D eigenvalue weighted by molar-refractivity contribution is 0.403. The number of ether oxygens (including phenoxy) is 2. The minimum atomic E-state index is 0.400. The van der Waals surface area contributed by atoms with Crippen molar-refractivity contribution in [3.8, 4) is 11.5 Å². The molecule has 18 heavy (non-hydrogen) atoms. The van der Waals surface area contributed by atoms with Crippen molar-refractivity contribution in [1.29, 1.82) is 0 Å². The van der Waals surface area contributed by atoms with Gasteiger partial charge in [-0.2, -0.15) is 0 Å². The molecule has 0 radical (unpaired) electrons. The summed E-state index contributed by atoms with van der Waals surface area (Å²) in [7, 11) is 3.26. The first-order valence-electron chi connectivity index (χ1n) is 6.18. The van der Waals surface area contributed by atoms with E-state index in [4.69, 9.17) is 21.1 Å². The van der Waals surface area contributed by atoms with Gasteiger partial charge in [0.05, 0.1) is 24.9 Å². The number of anilines is 1. The Morgan fingerprint density at radius 3 is 2.33 bits per heavy atom. The van der Waals surface area contributed by atoms with E-state index in [1.807, 2.05) is 6.07 Å². The van der Waals surface area contributed by atoms with Crippen LogP contribution in [0.15, 0.2) is 12.1 Å². The van der Waals surface area contributed by atoms with Crippen LogP contribution in [0.1, 0.15) is 26.7 Å². The molecule has 0 aromatic heterocycles. The number of hydrogen-bond acceptors (Lipinski definition) is 3. The third-order valence-corrected chi connectivity index (χ3v) is 4.23. The van der Waals surface area contributed by atoms with E-state index in [9.17, 15) is 0 Å². The van der Waals surface area contributed by atoms with Gasteiger partial charge in [-0.05, 0) is 25.2 Å².